The number of nitrogens with one attached hydrogen (secondary N) is 1. The highest BCUT2D eigenvalue weighted by atomic mass is 35.5. The Kier molecular flexibility index (Phi) is 5.11. The van der Waals surface area contributed by atoms with Crippen LogP contribution in [-0.4, -0.2) is 20.9 Å². The first kappa shape index (κ1) is 17.1. The molecule has 0 saturated heterocycles. The molecule has 0 aliphatic rings. The van der Waals surface area contributed by atoms with Crippen LogP contribution >= 0.6 is 23.2 Å². The summed E-state index contributed by atoms with van der Waals surface area (Å²) in [6.07, 6.45) is 4.32. The Morgan fingerprint density at radius 3 is 2.56 bits per heavy atom. The molecule has 0 atom stereocenters. The van der Waals surface area contributed by atoms with Crippen molar-refractivity contribution in [2.45, 2.75) is 6.92 Å². The molecule has 0 bridgehead atoms. The fraction of sp³-hybridized carbons (Fsp3) is 0.0588. The zero-order chi connectivity index (χ0) is 17.8. The third kappa shape index (κ3) is 4.23. The lowest BCUT2D eigenvalue weighted by Crippen LogP contribution is -2.14. The Bertz CT molecular complexity index is 917. The molecule has 6 nitrogen and oxygen atoms in total. The van der Waals surface area contributed by atoms with E-state index in [0.29, 0.717) is 32.7 Å². The van der Waals surface area contributed by atoms with Gasteiger partial charge >= 0.3 is 0 Å². The summed E-state index contributed by atoms with van der Waals surface area (Å²) in [4.78, 5) is 24.1. The van der Waals surface area contributed by atoms with Gasteiger partial charge in [0.2, 0.25) is 5.88 Å². The number of aromatic nitrogens is 3. The lowest BCUT2D eigenvalue weighted by Gasteiger charge is -2.09. The van der Waals surface area contributed by atoms with Gasteiger partial charge in [-0.3, -0.25) is 4.79 Å². The van der Waals surface area contributed by atoms with E-state index in [0.717, 1.165) is 0 Å². The normalized spacial score (nSPS) is 10.4. The van der Waals surface area contributed by atoms with Crippen LogP contribution < -0.4 is 10.1 Å². The summed E-state index contributed by atoms with van der Waals surface area (Å²) in [5.41, 5.74) is 1.63. The van der Waals surface area contributed by atoms with Crippen molar-refractivity contribution in [3.05, 3.63) is 70.4 Å². The second-order valence-electron chi connectivity index (χ2n) is 5.04. The number of aryl methyl sites for hydroxylation is 1. The van der Waals surface area contributed by atoms with Gasteiger partial charge < -0.3 is 10.1 Å². The number of nitrogens with zero attached hydrogens (tertiary/aromatic N) is 3. The first-order valence-electron chi connectivity index (χ1n) is 7.20. The van der Waals surface area contributed by atoms with E-state index in [-0.39, 0.29) is 11.8 Å². The molecular formula is C17H12Cl2N4O2. The minimum Gasteiger partial charge on any atom is -0.438 e. The first-order valence-corrected chi connectivity index (χ1v) is 7.95. The number of anilines is 1. The Hall–Kier alpha value is -2.70. The number of benzene rings is 1. The molecule has 1 amide bonds. The van der Waals surface area contributed by atoms with Crippen molar-refractivity contribution < 1.29 is 9.53 Å². The molecule has 0 spiro atoms. The molecular weight excluding hydrogens is 363 g/mol. The molecule has 1 aromatic carbocycles. The van der Waals surface area contributed by atoms with Crippen LogP contribution in [0.25, 0.3) is 0 Å². The molecule has 3 aromatic rings. The lowest BCUT2D eigenvalue weighted by atomic mass is 10.2. The highest BCUT2D eigenvalue weighted by molar-refractivity contribution is 6.35. The van der Waals surface area contributed by atoms with Gasteiger partial charge in [-0.2, -0.15) is 0 Å². The van der Waals surface area contributed by atoms with Crippen molar-refractivity contribution in [3.8, 4) is 11.6 Å². The SMILES string of the molecule is Cc1ncncc1C(=O)Nc1ccc(Oc2ncc(Cl)cc2Cl)cc1. The number of hydrogen-bond acceptors (Lipinski definition) is 5. The zero-order valence-electron chi connectivity index (χ0n) is 13.0. The van der Waals surface area contributed by atoms with E-state index in [1.54, 1.807) is 37.3 Å². The summed E-state index contributed by atoms with van der Waals surface area (Å²) < 4.78 is 5.59. The highest BCUT2D eigenvalue weighted by Crippen LogP contribution is 2.29. The molecule has 2 heterocycles. The fourth-order valence-corrected chi connectivity index (χ4v) is 2.43. The predicted molar refractivity (Wildman–Crippen MR) is 95.5 cm³/mol. The quantitative estimate of drug-likeness (QED) is 0.725. The van der Waals surface area contributed by atoms with Gasteiger partial charge in [-0.1, -0.05) is 23.2 Å². The van der Waals surface area contributed by atoms with Crippen LogP contribution in [0.4, 0.5) is 5.69 Å². The van der Waals surface area contributed by atoms with Gasteiger partial charge in [0.05, 0.1) is 16.3 Å². The number of hydrogen-bond donors (Lipinski definition) is 1. The van der Waals surface area contributed by atoms with Crippen LogP contribution in [0.5, 0.6) is 11.6 Å². The number of halogens is 2. The number of carbonyl (C=O) groups excluding carboxylic acids is 1. The van der Waals surface area contributed by atoms with Crippen molar-refractivity contribution in [1.29, 1.82) is 0 Å². The van der Waals surface area contributed by atoms with Crippen LogP contribution in [0.2, 0.25) is 10.0 Å². The van der Waals surface area contributed by atoms with Crippen molar-refractivity contribution in [1.82, 2.24) is 15.0 Å². The molecule has 0 radical (unpaired) electrons. The van der Waals surface area contributed by atoms with Crippen molar-refractivity contribution >= 4 is 34.8 Å². The van der Waals surface area contributed by atoms with Crippen LogP contribution in [0, 0.1) is 6.92 Å². The third-order valence-corrected chi connectivity index (χ3v) is 3.73. The van der Waals surface area contributed by atoms with E-state index in [2.05, 4.69) is 20.3 Å². The molecule has 3 rings (SSSR count). The van der Waals surface area contributed by atoms with E-state index >= 15 is 0 Å². The minimum atomic E-state index is -0.283. The van der Waals surface area contributed by atoms with Gasteiger partial charge in [-0.15, -0.1) is 0 Å². The molecule has 25 heavy (non-hydrogen) atoms. The van der Waals surface area contributed by atoms with Gasteiger partial charge in [0.25, 0.3) is 5.91 Å². The Labute approximate surface area is 153 Å². The van der Waals surface area contributed by atoms with Gasteiger partial charge in [0.1, 0.15) is 17.1 Å². The minimum absolute atomic E-state index is 0.250. The van der Waals surface area contributed by atoms with Gasteiger partial charge in [0.15, 0.2) is 0 Å². The molecule has 1 N–H and O–H groups in total. The fourth-order valence-electron chi connectivity index (χ4n) is 2.01. The van der Waals surface area contributed by atoms with E-state index < -0.39 is 0 Å². The Morgan fingerprint density at radius 1 is 1.12 bits per heavy atom. The smallest absolute Gasteiger partial charge is 0.259 e. The number of carbonyl (C=O) groups is 1. The molecule has 0 saturated carbocycles. The molecule has 0 aliphatic carbocycles. The maximum atomic E-state index is 12.2. The molecule has 0 fully saturated rings. The van der Waals surface area contributed by atoms with Crippen LogP contribution in [0.3, 0.4) is 0 Å². The maximum Gasteiger partial charge on any atom is 0.259 e. The lowest BCUT2D eigenvalue weighted by molar-refractivity contribution is 0.102. The Balaban J connectivity index is 1.70. The average molecular weight is 375 g/mol. The standard InChI is InChI=1S/C17H12Cl2N4O2/c1-10-14(8-20-9-22-10)16(24)23-12-2-4-13(5-3-12)25-17-15(19)6-11(18)7-21-17/h2-9H,1H3,(H,23,24). The third-order valence-electron chi connectivity index (χ3n) is 3.26. The predicted octanol–water partition coefficient (Wildman–Crippen LogP) is 4.53. The van der Waals surface area contributed by atoms with Crippen molar-refractivity contribution in [3.63, 3.8) is 0 Å². The molecule has 0 unspecified atom stereocenters. The van der Waals surface area contributed by atoms with E-state index in [9.17, 15) is 4.79 Å². The summed E-state index contributed by atoms with van der Waals surface area (Å²) in [5.74, 6) is 0.489. The van der Waals surface area contributed by atoms with Gasteiger partial charge in [-0.25, -0.2) is 15.0 Å². The van der Waals surface area contributed by atoms with E-state index in [1.165, 1.54) is 18.7 Å². The summed E-state index contributed by atoms with van der Waals surface area (Å²) in [6, 6.07) is 8.34. The summed E-state index contributed by atoms with van der Waals surface area (Å²) in [5, 5.41) is 3.51. The maximum absolute atomic E-state index is 12.2. The van der Waals surface area contributed by atoms with Gasteiger partial charge in [-0.05, 0) is 37.3 Å². The Morgan fingerprint density at radius 2 is 1.88 bits per heavy atom. The summed E-state index contributed by atoms with van der Waals surface area (Å²) in [7, 11) is 0. The monoisotopic (exact) mass is 374 g/mol. The number of amides is 1. The second-order valence-corrected chi connectivity index (χ2v) is 5.89. The van der Waals surface area contributed by atoms with E-state index in [4.69, 9.17) is 27.9 Å². The van der Waals surface area contributed by atoms with Crippen molar-refractivity contribution in [2.75, 3.05) is 5.32 Å². The number of ether oxygens (including phenoxy) is 1. The highest BCUT2D eigenvalue weighted by Gasteiger charge is 2.11. The summed E-state index contributed by atoms with van der Waals surface area (Å²) in [6.45, 7) is 1.75. The topological polar surface area (TPSA) is 77.0 Å². The number of pyridine rings is 1. The van der Waals surface area contributed by atoms with Crippen LogP contribution in [-0.2, 0) is 0 Å². The summed E-state index contributed by atoms with van der Waals surface area (Å²) >= 11 is 11.8. The van der Waals surface area contributed by atoms with Crippen molar-refractivity contribution in [2.24, 2.45) is 0 Å². The number of rotatable bonds is 4. The second kappa shape index (κ2) is 7.46. The largest absolute Gasteiger partial charge is 0.438 e. The molecule has 126 valence electrons. The molecule has 0 aliphatic heterocycles. The van der Waals surface area contributed by atoms with Gasteiger partial charge in [0, 0.05) is 18.1 Å². The first-order chi connectivity index (χ1) is 12.0. The van der Waals surface area contributed by atoms with E-state index in [1.807, 2.05) is 0 Å². The molecule has 8 heteroatoms. The molecule has 2 aromatic heterocycles. The van der Waals surface area contributed by atoms with Crippen LogP contribution in [0.1, 0.15) is 16.1 Å². The average Bonchev–Trinajstić information content (AvgIpc) is 2.59. The van der Waals surface area contributed by atoms with Crippen LogP contribution in [0.15, 0.2) is 49.1 Å². The zero-order valence-corrected chi connectivity index (χ0v) is 14.5.